The summed E-state index contributed by atoms with van der Waals surface area (Å²) >= 11 is 3.46. The summed E-state index contributed by atoms with van der Waals surface area (Å²) in [7, 11) is 0. The van der Waals surface area contributed by atoms with E-state index in [2.05, 4.69) is 22.9 Å². The molecule has 21 heavy (non-hydrogen) atoms. The number of hydrogen-bond acceptors (Lipinski definition) is 3. The van der Waals surface area contributed by atoms with Gasteiger partial charge in [-0.2, -0.15) is 0 Å². The minimum Gasteiger partial charge on any atom is -0.490 e. The van der Waals surface area contributed by atoms with Gasteiger partial charge in [-0.1, -0.05) is 35.0 Å². The Balaban J connectivity index is 2.30. The van der Waals surface area contributed by atoms with Gasteiger partial charge in [0.2, 0.25) is 0 Å². The lowest BCUT2D eigenvalue weighted by atomic mass is 10.1. The highest BCUT2D eigenvalue weighted by molar-refractivity contribution is 9.10. The maximum Gasteiger partial charge on any atom is 0.169 e. The predicted octanol–water partition coefficient (Wildman–Crippen LogP) is 5.05. The van der Waals surface area contributed by atoms with Crippen LogP contribution < -0.4 is 15.2 Å². The van der Waals surface area contributed by atoms with Crippen molar-refractivity contribution in [2.24, 2.45) is 5.73 Å². The van der Waals surface area contributed by atoms with Crippen molar-refractivity contribution in [1.82, 2.24) is 0 Å². The molecule has 4 heteroatoms. The van der Waals surface area contributed by atoms with Gasteiger partial charge in [-0.15, -0.1) is 0 Å². The number of hydrogen-bond donors (Lipinski definition) is 1. The summed E-state index contributed by atoms with van der Waals surface area (Å²) in [6.45, 7) is 4.68. The van der Waals surface area contributed by atoms with Gasteiger partial charge in [-0.05, 0) is 43.7 Å². The summed E-state index contributed by atoms with van der Waals surface area (Å²) in [6, 6.07) is 13.4. The molecule has 2 aromatic rings. The van der Waals surface area contributed by atoms with Crippen LogP contribution in [0.15, 0.2) is 46.9 Å². The highest BCUT2D eigenvalue weighted by atomic mass is 79.9. The van der Waals surface area contributed by atoms with Crippen molar-refractivity contribution in [3.05, 3.63) is 52.5 Å². The molecule has 3 nitrogen and oxygen atoms in total. The summed E-state index contributed by atoms with van der Waals surface area (Å²) in [4.78, 5) is 0. The molecule has 0 aromatic heterocycles. The van der Waals surface area contributed by atoms with Crippen molar-refractivity contribution in [3.63, 3.8) is 0 Å². The zero-order valence-corrected chi connectivity index (χ0v) is 13.9. The SMILES string of the molecule is CCCOc1ccccc1Oc1ccc(Br)cc1C(C)N. The number of halogens is 1. The standard InChI is InChI=1S/C17H20BrNO2/c1-3-10-20-16-6-4-5-7-17(16)21-15-9-8-13(18)11-14(15)12(2)19/h4-9,11-12H,3,10,19H2,1-2H3. The number of ether oxygens (including phenoxy) is 2. The molecular weight excluding hydrogens is 330 g/mol. The second-order valence-electron chi connectivity index (χ2n) is 4.87. The smallest absolute Gasteiger partial charge is 0.169 e. The average molecular weight is 350 g/mol. The molecule has 2 rings (SSSR count). The maximum absolute atomic E-state index is 6.03. The van der Waals surface area contributed by atoms with Crippen molar-refractivity contribution in [3.8, 4) is 17.2 Å². The molecule has 0 spiro atoms. The van der Waals surface area contributed by atoms with Crippen LogP contribution in [-0.4, -0.2) is 6.61 Å². The second kappa shape index (κ2) is 7.48. The van der Waals surface area contributed by atoms with Gasteiger partial charge in [0.05, 0.1) is 6.61 Å². The predicted molar refractivity (Wildman–Crippen MR) is 89.0 cm³/mol. The molecule has 112 valence electrons. The van der Waals surface area contributed by atoms with Crippen LogP contribution in [0.4, 0.5) is 0 Å². The van der Waals surface area contributed by atoms with Gasteiger partial charge in [-0.25, -0.2) is 0 Å². The molecule has 0 saturated carbocycles. The van der Waals surface area contributed by atoms with E-state index in [-0.39, 0.29) is 6.04 Å². The molecule has 1 atom stereocenters. The summed E-state index contributed by atoms with van der Waals surface area (Å²) < 4.78 is 12.7. The second-order valence-corrected chi connectivity index (χ2v) is 5.78. The lowest BCUT2D eigenvalue weighted by molar-refractivity contribution is 0.301. The average Bonchev–Trinajstić information content (AvgIpc) is 2.48. The van der Waals surface area contributed by atoms with Gasteiger partial charge in [-0.3, -0.25) is 0 Å². The first kappa shape index (κ1) is 15.9. The van der Waals surface area contributed by atoms with E-state index in [1.54, 1.807) is 0 Å². The third kappa shape index (κ3) is 4.22. The van der Waals surface area contributed by atoms with E-state index in [0.717, 1.165) is 28.0 Å². The maximum atomic E-state index is 6.03. The van der Waals surface area contributed by atoms with Crippen molar-refractivity contribution in [2.75, 3.05) is 6.61 Å². The Kier molecular flexibility index (Phi) is 5.65. The highest BCUT2D eigenvalue weighted by Crippen LogP contribution is 2.35. The van der Waals surface area contributed by atoms with Crippen LogP contribution in [0.1, 0.15) is 31.9 Å². The van der Waals surface area contributed by atoms with Crippen molar-refractivity contribution in [1.29, 1.82) is 0 Å². The fourth-order valence-corrected chi connectivity index (χ4v) is 2.33. The Morgan fingerprint density at radius 3 is 2.48 bits per heavy atom. The van der Waals surface area contributed by atoms with Crippen LogP contribution in [0.3, 0.4) is 0 Å². The van der Waals surface area contributed by atoms with Gasteiger partial charge in [0.25, 0.3) is 0 Å². The molecule has 0 saturated heterocycles. The number of rotatable bonds is 6. The lowest BCUT2D eigenvalue weighted by Gasteiger charge is -2.16. The number of para-hydroxylation sites is 2. The lowest BCUT2D eigenvalue weighted by Crippen LogP contribution is -2.07. The minimum atomic E-state index is -0.110. The molecule has 0 fully saturated rings. The fourth-order valence-electron chi connectivity index (χ4n) is 1.95. The Morgan fingerprint density at radius 2 is 1.81 bits per heavy atom. The molecule has 2 aromatic carbocycles. The first-order valence-corrected chi connectivity index (χ1v) is 7.85. The first-order valence-electron chi connectivity index (χ1n) is 7.06. The monoisotopic (exact) mass is 349 g/mol. The molecule has 0 aliphatic carbocycles. The van der Waals surface area contributed by atoms with Crippen molar-refractivity contribution in [2.45, 2.75) is 26.3 Å². The summed E-state index contributed by atoms with van der Waals surface area (Å²) in [5.74, 6) is 2.20. The minimum absolute atomic E-state index is 0.110. The zero-order valence-electron chi connectivity index (χ0n) is 12.3. The van der Waals surface area contributed by atoms with Gasteiger partial charge >= 0.3 is 0 Å². The van der Waals surface area contributed by atoms with E-state index in [1.807, 2.05) is 49.4 Å². The van der Waals surface area contributed by atoms with Crippen LogP contribution in [0.25, 0.3) is 0 Å². The summed E-state index contributed by atoms with van der Waals surface area (Å²) in [5.41, 5.74) is 6.98. The quantitative estimate of drug-likeness (QED) is 0.793. The summed E-state index contributed by atoms with van der Waals surface area (Å²) in [6.07, 6.45) is 0.956. The van der Waals surface area contributed by atoms with Crippen molar-refractivity contribution >= 4 is 15.9 Å². The van der Waals surface area contributed by atoms with E-state index in [0.29, 0.717) is 12.4 Å². The first-order chi connectivity index (χ1) is 10.1. The molecule has 0 amide bonds. The normalized spacial score (nSPS) is 12.0. The van der Waals surface area contributed by atoms with Crippen LogP contribution >= 0.6 is 15.9 Å². The Hall–Kier alpha value is -1.52. The summed E-state index contributed by atoms with van der Waals surface area (Å²) in [5, 5.41) is 0. The number of nitrogens with two attached hydrogens (primary N) is 1. The van der Waals surface area contributed by atoms with Gasteiger partial charge in [0.15, 0.2) is 11.5 Å². The van der Waals surface area contributed by atoms with E-state index < -0.39 is 0 Å². The van der Waals surface area contributed by atoms with E-state index >= 15 is 0 Å². The Morgan fingerprint density at radius 1 is 1.10 bits per heavy atom. The van der Waals surface area contributed by atoms with Crippen LogP contribution in [-0.2, 0) is 0 Å². The third-order valence-corrected chi connectivity index (χ3v) is 3.49. The topological polar surface area (TPSA) is 44.5 Å². The van der Waals surface area contributed by atoms with Crippen LogP contribution in [0, 0.1) is 0 Å². The molecule has 0 aliphatic rings. The van der Waals surface area contributed by atoms with Crippen LogP contribution in [0.5, 0.6) is 17.2 Å². The molecule has 2 N–H and O–H groups in total. The van der Waals surface area contributed by atoms with Crippen LogP contribution in [0.2, 0.25) is 0 Å². The number of benzene rings is 2. The van der Waals surface area contributed by atoms with E-state index in [1.165, 1.54) is 0 Å². The third-order valence-electron chi connectivity index (χ3n) is 2.99. The fraction of sp³-hybridized carbons (Fsp3) is 0.294. The highest BCUT2D eigenvalue weighted by Gasteiger charge is 2.12. The zero-order chi connectivity index (χ0) is 15.2. The molecule has 1 unspecified atom stereocenters. The van der Waals surface area contributed by atoms with Gasteiger partial charge in [0, 0.05) is 16.1 Å². The van der Waals surface area contributed by atoms with E-state index in [9.17, 15) is 0 Å². The van der Waals surface area contributed by atoms with Crippen molar-refractivity contribution < 1.29 is 9.47 Å². The largest absolute Gasteiger partial charge is 0.490 e. The molecule has 0 radical (unpaired) electrons. The Labute approximate surface area is 134 Å². The van der Waals surface area contributed by atoms with Gasteiger partial charge in [0.1, 0.15) is 5.75 Å². The van der Waals surface area contributed by atoms with E-state index in [4.69, 9.17) is 15.2 Å². The Bertz CT molecular complexity index is 599. The molecular formula is C17H20BrNO2. The van der Waals surface area contributed by atoms with Gasteiger partial charge < -0.3 is 15.2 Å². The molecule has 0 heterocycles. The molecule has 0 bridgehead atoms. The molecule has 0 aliphatic heterocycles.